The van der Waals surface area contributed by atoms with Gasteiger partial charge in [-0.15, -0.1) is 0 Å². The fourth-order valence-corrected chi connectivity index (χ4v) is 2.28. The van der Waals surface area contributed by atoms with Crippen molar-refractivity contribution in [2.24, 2.45) is 0 Å². The molecule has 1 N–H and O–H groups in total. The number of amides is 1. The van der Waals surface area contributed by atoms with Crippen LogP contribution in [0.5, 0.6) is 0 Å². The Kier molecular flexibility index (Phi) is 4.22. The monoisotopic (exact) mass is 334 g/mol. The van der Waals surface area contributed by atoms with Crippen LogP contribution < -0.4 is 5.32 Å². The molecule has 1 aliphatic heterocycles. The predicted molar refractivity (Wildman–Crippen MR) is 68.9 cm³/mol. The SMILES string of the molecule is O=C(CNCc1ccc(I)o1)N1CCCC1. The Balaban J connectivity index is 1.69. The van der Waals surface area contributed by atoms with Gasteiger partial charge in [-0.3, -0.25) is 4.79 Å². The van der Waals surface area contributed by atoms with Crippen molar-refractivity contribution in [3.63, 3.8) is 0 Å². The highest BCUT2D eigenvalue weighted by atomic mass is 127. The van der Waals surface area contributed by atoms with E-state index in [9.17, 15) is 4.79 Å². The average Bonchev–Trinajstić information content (AvgIpc) is 2.89. The maximum absolute atomic E-state index is 11.7. The molecule has 0 spiro atoms. The van der Waals surface area contributed by atoms with Crippen LogP contribution in [0.25, 0.3) is 0 Å². The summed E-state index contributed by atoms with van der Waals surface area (Å²) in [5.41, 5.74) is 0. The summed E-state index contributed by atoms with van der Waals surface area (Å²) in [4.78, 5) is 13.6. The summed E-state index contributed by atoms with van der Waals surface area (Å²) in [6.45, 7) is 2.85. The normalized spacial score (nSPS) is 15.7. The molecule has 2 rings (SSSR count). The molecular weight excluding hydrogens is 319 g/mol. The first-order chi connectivity index (χ1) is 7.75. The van der Waals surface area contributed by atoms with Crippen LogP contribution in [0.4, 0.5) is 0 Å². The second-order valence-corrected chi connectivity index (χ2v) is 4.96. The van der Waals surface area contributed by atoms with Gasteiger partial charge in [0.15, 0.2) is 3.77 Å². The molecular formula is C11H15IN2O2. The molecule has 1 aromatic heterocycles. The molecule has 1 aliphatic rings. The number of nitrogens with one attached hydrogen (secondary N) is 1. The second-order valence-electron chi connectivity index (χ2n) is 3.90. The molecule has 16 heavy (non-hydrogen) atoms. The Hall–Kier alpha value is -0.560. The van der Waals surface area contributed by atoms with E-state index in [1.807, 2.05) is 17.0 Å². The number of likely N-dealkylation sites (tertiary alicyclic amines) is 1. The molecule has 2 heterocycles. The van der Waals surface area contributed by atoms with Gasteiger partial charge in [0.1, 0.15) is 5.76 Å². The fourth-order valence-electron chi connectivity index (χ4n) is 1.82. The predicted octanol–water partition coefficient (Wildman–Crippen LogP) is 1.60. The molecule has 0 aliphatic carbocycles. The molecule has 0 saturated carbocycles. The fraction of sp³-hybridized carbons (Fsp3) is 0.545. The minimum absolute atomic E-state index is 0.193. The Morgan fingerprint density at radius 1 is 1.44 bits per heavy atom. The van der Waals surface area contributed by atoms with Crippen LogP contribution in [0.1, 0.15) is 18.6 Å². The third kappa shape index (κ3) is 3.21. The average molecular weight is 334 g/mol. The van der Waals surface area contributed by atoms with Gasteiger partial charge in [-0.25, -0.2) is 0 Å². The summed E-state index contributed by atoms with van der Waals surface area (Å²) >= 11 is 2.13. The van der Waals surface area contributed by atoms with E-state index in [2.05, 4.69) is 27.9 Å². The molecule has 0 atom stereocenters. The largest absolute Gasteiger partial charge is 0.454 e. The smallest absolute Gasteiger partial charge is 0.236 e. The van der Waals surface area contributed by atoms with Crippen molar-refractivity contribution < 1.29 is 9.21 Å². The van der Waals surface area contributed by atoms with Gasteiger partial charge in [0, 0.05) is 13.1 Å². The highest BCUT2D eigenvalue weighted by molar-refractivity contribution is 14.1. The summed E-state index contributed by atoms with van der Waals surface area (Å²) in [5, 5.41) is 3.10. The van der Waals surface area contributed by atoms with E-state index in [0.717, 1.165) is 35.5 Å². The molecule has 4 nitrogen and oxygen atoms in total. The number of nitrogens with zero attached hydrogens (tertiary/aromatic N) is 1. The van der Waals surface area contributed by atoms with Gasteiger partial charge in [-0.1, -0.05) is 0 Å². The van der Waals surface area contributed by atoms with Gasteiger partial charge in [-0.05, 0) is 47.6 Å². The minimum atomic E-state index is 0.193. The molecule has 88 valence electrons. The van der Waals surface area contributed by atoms with Crippen molar-refractivity contribution >= 4 is 28.5 Å². The van der Waals surface area contributed by atoms with Crippen LogP contribution in [-0.4, -0.2) is 30.4 Å². The Morgan fingerprint density at radius 3 is 2.81 bits per heavy atom. The molecule has 0 bridgehead atoms. The van der Waals surface area contributed by atoms with E-state index in [1.54, 1.807) is 0 Å². The second kappa shape index (κ2) is 5.67. The van der Waals surface area contributed by atoms with Crippen LogP contribution >= 0.6 is 22.6 Å². The van der Waals surface area contributed by atoms with Crippen molar-refractivity contribution in [2.75, 3.05) is 19.6 Å². The first-order valence-electron chi connectivity index (χ1n) is 5.48. The third-order valence-corrected chi connectivity index (χ3v) is 3.24. The standard InChI is InChI=1S/C11H15IN2O2/c12-10-4-3-9(16-10)7-13-8-11(15)14-5-1-2-6-14/h3-4,13H,1-2,5-8H2. The van der Waals surface area contributed by atoms with E-state index >= 15 is 0 Å². The van der Waals surface area contributed by atoms with E-state index < -0.39 is 0 Å². The van der Waals surface area contributed by atoms with Crippen molar-refractivity contribution in [1.82, 2.24) is 10.2 Å². The Morgan fingerprint density at radius 2 is 2.19 bits per heavy atom. The topological polar surface area (TPSA) is 45.5 Å². The number of halogens is 1. The van der Waals surface area contributed by atoms with Gasteiger partial charge in [0.05, 0.1) is 13.1 Å². The number of carbonyl (C=O) groups is 1. The quantitative estimate of drug-likeness (QED) is 0.851. The summed E-state index contributed by atoms with van der Waals surface area (Å²) < 4.78 is 6.27. The molecule has 0 radical (unpaired) electrons. The summed E-state index contributed by atoms with van der Waals surface area (Å²) in [5.74, 6) is 1.07. The van der Waals surface area contributed by atoms with Gasteiger partial charge in [-0.2, -0.15) is 0 Å². The van der Waals surface area contributed by atoms with Crippen LogP contribution in [-0.2, 0) is 11.3 Å². The van der Waals surface area contributed by atoms with Crippen LogP contribution in [0.3, 0.4) is 0 Å². The molecule has 1 aromatic rings. The minimum Gasteiger partial charge on any atom is -0.454 e. The molecule has 0 aromatic carbocycles. The van der Waals surface area contributed by atoms with Crippen LogP contribution in [0.2, 0.25) is 0 Å². The Labute approximate surface area is 109 Å². The van der Waals surface area contributed by atoms with Crippen LogP contribution in [0, 0.1) is 3.77 Å². The molecule has 5 heteroatoms. The highest BCUT2D eigenvalue weighted by Crippen LogP contribution is 2.10. The molecule has 0 unspecified atom stereocenters. The van der Waals surface area contributed by atoms with Gasteiger partial charge in [0.25, 0.3) is 0 Å². The number of hydrogen-bond donors (Lipinski definition) is 1. The van der Waals surface area contributed by atoms with Gasteiger partial charge < -0.3 is 14.6 Å². The van der Waals surface area contributed by atoms with E-state index in [1.165, 1.54) is 0 Å². The van der Waals surface area contributed by atoms with Gasteiger partial charge >= 0.3 is 0 Å². The van der Waals surface area contributed by atoms with E-state index in [0.29, 0.717) is 13.1 Å². The highest BCUT2D eigenvalue weighted by Gasteiger charge is 2.16. The van der Waals surface area contributed by atoms with Crippen molar-refractivity contribution in [3.8, 4) is 0 Å². The lowest BCUT2D eigenvalue weighted by molar-refractivity contribution is -0.129. The lowest BCUT2D eigenvalue weighted by Crippen LogP contribution is -2.35. The number of carbonyl (C=O) groups excluding carboxylic acids is 1. The van der Waals surface area contributed by atoms with Crippen molar-refractivity contribution in [1.29, 1.82) is 0 Å². The third-order valence-electron chi connectivity index (χ3n) is 2.66. The lowest BCUT2D eigenvalue weighted by atomic mass is 10.4. The number of rotatable bonds is 4. The molecule has 1 fully saturated rings. The maximum Gasteiger partial charge on any atom is 0.236 e. The maximum atomic E-state index is 11.7. The van der Waals surface area contributed by atoms with Crippen LogP contribution in [0.15, 0.2) is 16.5 Å². The lowest BCUT2D eigenvalue weighted by Gasteiger charge is -2.14. The first-order valence-corrected chi connectivity index (χ1v) is 6.56. The zero-order chi connectivity index (χ0) is 11.4. The zero-order valence-electron chi connectivity index (χ0n) is 9.04. The number of hydrogen-bond acceptors (Lipinski definition) is 3. The molecule has 1 saturated heterocycles. The summed E-state index contributed by atoms with van der Waals surface area (Å²) in [6.07, 6.45) is 2.28. The Bertz CT molecular complexity index is 359. The van der Waals surface area contributed by atoms with Gasteiger partial charge in [0.2, 0.25) is 5.91 Å². The van der Waals surface area contributed by atoms with Crippen molar-refractivity contribution in [2.45, 2.75) is 19.4 Å². The first kappa shape index (κ1) is 11.9. The van der Waals surface area contributed by atoms with E-state index in [-0.39, 0.29) is 5.91 Å². The zero-order valence-corrected chi connectivity index (χ0v) is 11.2. The summed E-state index contributed by atoms with van der Waals surface area (Å²) in [6, 6.07) is 3.84. The molecule has 1 amide bonds. The number of furan rings is 1. The summed E-state index contributed by atoms with van der Waals surface area (Å²) in [7, 11) is 0. The van der Waals surface area contributed by atoms with Crippen molar-refractivity contribution in [3.05, 3.63) is 21.7 Å². The van der Waals surface area contributed by atoms with E-state index in [4.69, 9.17) is 4.42 Å².